The average Bonchev–Trinajstić information content (AvgIpc) is 3.33. The third kappa shape index (κ3) is 6.25. The fourth-order valence-corrected chi connectivity index (χ4v) is 5.32. The molecule has 2 fully saturated rings. The summed E-state index contributed by atoms with van der Waals surface area (Å²) in [5, 5.41) is 13.7. The molecule has 0 atom stereocenters. The molecule has 0 radical (unpaired) electrons. The van der Waals surface area contributed by atoms with E-state index in [4.69, 9.17) is 15.5 Å². The Morgan fingerprint density at radius 1 is 1.29 bits per heavy atom. The summed E-state index contributed by atoms with van der Waals surface area (Å²) in [6.07, 6.45) is 7.59. The number of allylic oxidation sites excluding steroid dienone is 2. The number of likely N-dealkylation sites (tertiary alicyclic amines) is 2. The third-order valence-electron chi connectivity index (χ3n) is 7.40. The Kier molecular flexibility index (Phi) is 8.77. The summed E-state index contributed by atoms with van der Waals surface area (Å²) in [4.78, 5) is 34.9. The number of rotatable bonds is 8. The number of hydrogen-bond acceptors (Lipinski definition) is 8. The van der Waals surface area contributed by atoms with Gasteiger partial charge in [0.05, 0.1) is 32.4 Å². The van der Waals surface area contributed by atoms with Crippen LogP contribution in [0.2, 0.25) is 0 Å². The highest BCUT2D eigenvalue weighted by molar-refractivity contribution is 6.23. The molecule has 4 rings (SSSR count). The lowest BCUT2D eigenvalue weighted by Gasteiger charge is -2.45. The summed E-state index contributed by atoms with van der Waals surface area (Å²) in [7, 11) is 5.31. The van der Waals surface area contributed by atoms with E-state index in [2.05, 4.69) is 11.2 Å². The zero-order chi connectivity index (χ0) is 29.9. The van der Waals surface area contributed by atoms with Crippen LogP contribution in [0.1, 0.15) is 37.8 Å². The molecule has 0 saturated carbocycles. The highest BCUT2D eigenvalue weighted by Gasteiger charge is 2.53. The summed E-state index contributed by atoms with van der Waals surface area (Å²) in [5.74, 6) is -0.353. The number of halogens is 1. The predicted molar refractivity (Wildman–Crippen MR) is 154 cm³/mol. The number of aliphatic imine (C=N–C) groups is 1. The Morgan fingerprint density at radius 3 is 2.56 bits per heavy atom. The van der Waals surface area contributed by atoms with Crippen molar-refractivity contribution in [1.29, 1.82) is 5.26 Å². The number of ether oxygens (including phenoxy) is 1. The fraction of sp³-hybridized carbons (Fsp3) is 0.483. The average molecular weight is 565 g/mol. The molecule has 0 unspecified atom stereocenters. The topological polar surface area (TPSA) is 133 Å². The van der Waals surface area contributed by atoms with Crippen molar-refractivity contribution < 1.29 is 18.7 Å². The van der Waals surface area contributed by atoms with Gasteiger partial charge in [0.25, 0.3) is 5.91 Å². The van der Waals surface area contributed by atoms with Gasteiger partial charge in [-0.15, -0.1) is 0 Å². The molecular weight excluding hydrogens is 527 g/mol. The van der Waals surface area contributed by atoms with E-state index in [0.29, 0.717) is 55.0 Å². The number of carbonyl (C=O) groups excluding carboxylic acids is 2. The predicted octanol–water partition coefficient (Wildman–Crippen LogP) is 2.02. The van der Waals surface area contributed by atoms with E-state index in [1.54, 1.807) is 28.6 Å². The van der Waals surface area contributed by atoms with Gasteiger partial charge in [0.2, 0.25) is 11.6 Å². The van der Waals surface area contributed by atoms with Crippen LogP contribution in [0.15, 0.2) is 41.3 Å². The number of fused-ring (bicyclic) bond motifs is 1. The first-order valence-electron chi connectivity index (χ1n) is 13.5. The van der Waals surface area contributed by atoms with Gasteiger partial charge in [-0.3, -0.25) is 14.6 Å². The van der Waals surface area contributed by atoms with Crippen LogP contribution in [0.4, 0.5) is 4.39 Å². The smallest absolute Gasteiger partial charge is 0.264 e. The number of likely N-dealkylation sites (N-methyl/N-ethyl adjacent to an activating group) is 1. The number of aromatic nitrogens is 2. The monoisotopic (exact) mass is 564 g/mol. The number of pyridine rings is 1. The number of alkyl halides is 1. The van der Waals surface area contributed by atoms with Gasteiger partial charge < -0.3 is 25.2 Å². The Morgan fingerprint density at radius 2 is 1.98 bits per heavy atom. The molecule has 2 saturated heterocycles. The van der Waals surface area contributed by atoms with Crippen LogP contribution in [0.5, 0.6) is 5.75 Å². The van der Waals surface area contributed by atoms with E-state index in [0.717, 1.165) is 16.8 Å². The van der Waals surface area contributed by atoms with Gasteiger partial charge in [0.1, 0.15) is 22.9 Å². The minimum atomic E-state index is -2.04. The molecule has 2 N–H and O–H groups in total. The van der Waals surface area contributed by atoms with E-state index in [1.165, 1.54) is 24.3 Å². The number of methoxy groups -OCH3 is 1. The van der Waals surface area contributed by atoms with Gasteiger partial charge in [-0.05, 0) is 46.9 Å². The van der Waals surface area contributed by atoms with Gasteiger partial charge >= 0.3 is 0 Å². The maximum atomic E-state index is 15.3. The van der Waals surface area contributed by atoms with Gasteiger partial charge in [-0.1, -0.05) is 6.08 Å². The first kappa shape index (κ1) is 29.7. The van der Waals surface area contributed by atoms with Crippen LogP contribution in [0.3, 0.4) is 0 Å². The first-order chi connectivity index (χ1) is 19.5. The molecule has 2 aromatic rings. The summed E-state index contributed by atoms with van der Waals surface area (Å²) in [6, 6.07) is 3.87. The first-order valence-corrected chi connectivity index (χ1v) is 13.5. The molecule has 4 heterocycles. The molecular formula is C29H37FN8O3. The normalized spacial score (nSPS) is 18.4. The second-order valence-corrected chi connectivity index (χ2v) is 10.9. The standard InChI is InChI=1S/C29H37FN8O3/c1-19(32)26(21-13-24(41-5)27-22(14-31)15-33-38(27)16-21)20(2)34-23-8-11-36(12-9-23)28(40)29(30)17-37(18-29)25(39)7-6-10-35(3)4/h6-7,13,15-16,23H,8-12,17-18,32H2,1-5H3/b7-6+,26-19+,34-20?. The van der Waals surface area contributed by atoms with Crippen molar-refractivity contribution in [3.05, 3.63) is 47.4 Å². The lowest BCUT2D eigenvalue weighted by Crippen LogP contribution is -2.68. The molecule has 0 aliphatic carbocycles. The van der Waals surface area contributed by atoms with E-state index < -0.39 is 11.6 Å². The minimum absolute atomic E-state index is 0.0641. The molecule has 2 amide bonds. The summed E-state index contributed by atoms with van der Waals surface area (Å²) in [5.41, 5.74) is 8.00. The fourth-order valence-electron chi connectivity index (χ4n) is 5.32. The Balaban J connectivity index is 1.40. The molecule has 2 aliphatic rings. The Hall–Kier alpha value is -4.24. The van der Waals surface area contributed by atoms with Gasteiger partial charge in [0.15, 0.2) is 0 Å². The number of amides is 2. The van der Waals surface area contributed by atoms with Crippen molar-refractivity contribution in [3.8, 4) is 11.8 Å². The number of nitriles is 1. The largest absolute Gasteiger partial charge is 0.494 e. The second kappa shape index (κ2) is 12.1. The van der Waals surface area contributed by atoms with Crippen molar-refractivity contribution in [2.24, 2.45) is 10.7 Å². The van der Waals surface area contributed by atoms with Crippen molar-refractivity contribution in [3.63, 3.8) is 0 Å². The number of nitrogens with zero attached hydrogens (tertiary/aromatic N) is 7. The van der Waals surface area contributed by atoms with Crippen LogP contribution in [0, 0.1) is 11.3 Å². The lowest BCUT2D eigenvalue weighted by atomic mass is 9.92. The van der Waals surface area contributed by atoms with Crippen LogP contribution >= 0.6 is 0 Å². The van der Waals surface area contributed by atoms with Crippen LogP contribution < -0.4 is 10.5 Å². The van der Waals surface area contributed by atoms with Crippen molar-refractivity contribution in [1.82, 2.24) is 24.3 Å². The minimum Gasteiger partial charge on any atom is -0.494 e. The molecule has 0 aromatic carbocycles. The van der Waals surface area contributed by atoms with E-state index >= 15 is 4.39 Å². The lowest BCUT2D eigenvalue weighted by molar-refractivity contribution is -0.162. The van der Waals surface area contributed by atoms with Crippen molar-refractivity contribution in [2.45, 2.75) is 38.4 Å². The van der Waals surface area contributed by atoms with E-state index in [-0.39, 0.29) is 25.0 Å². The van der Waals surface area contributed by atoms with Crippen LogP contribution in [-0.2, 0) is 9.59 Å². The number of carbonyl (C=O) groups is 2. The van der Waals surface area contributed by atoms with Crippen molar-refractivity contribution in [2.75, 3.05) is 53.9 Å². The van der Waals surface area contributed by atoms with Gasteiger partial charge in [-0.25, -0.2) is 8.91 Å². The summed E-state index contributed by atoms with van der Waals surface area (Å²) < 4.78 is 22.5. The van der Waals surface area contributed by atoms with Gasteiger partial charge in [-0.2, -0.15) is 10.4 Å². The highest BCUT2D eigenvalue weighted by atomic mass is 19.1. The Bertz CT molecular complexity index is 1450. The zero-order valence-corrected chi connectivity index (χ0v) is 24.2. The highest BCUT2D eigenvalue weighted by Crippen LogP contribution is 2.31. The van der Waals surface area contributed by atoms with Gasteiger partial charge in [0, 0.05) is 54.5 Å². The maximum absolute atomic E-state index is 15.3. The number of hydrogen-bond donors (Lipinski definition) is 1. The molecule has 0 bridgehead atoms. The number of piperidine rings is 1. The maximum Gasteiger partial charge on any atom is 0.264 e. The summed E-state index contributed by atoms with van der Waals surface area (Å²) >= 11 is 0. The Labute approximate surface area is 239 Å². The third-order valence-corrected chi connectivity index (χ3v) is 7.40. The molecule has 218 valence electrons. The van der Waals surface area contributed by atoms with Crippen LogP contribution in [-0.4, -0.2) is 107 Å². The quantitative estimate of drug-likeness (QED) is 0.383. The van der Waals surface area contributed by atoms with Crippen molar-refractivity contribution >= 4 is 28.6 Å². The molecule has 2 aromatic heterocycles. The SMILES string of the molecule is COc1cc(/C(C(C)=NC2CCN(C(=O)C3(F)CN(C(=O)/C=C/CN(C)C)C3)CC2)=C(\C)N)cn2ncc(C#N)c12. The van der Waals surface area contributed by atoms with E-state index in [9.17, 15) is 14.9 Å². The van der Waals surface area contributed by atoms with Crippen LogP contribution in [0.25, 0.3) is 11.1 Å². The molecule has 12 heteroatoms. The zero-order valence-electron chi connectivity index (χ0n) is 24.2. The number of nitrogens with two attached hydrogens (primary N) is 1. The molecule has 2 aliphatic heterocycles. The van der Waals surface area contributed by atoms with E-state index in [1.807, 2.05) is 32.0 Å². The summed E-state index contributed by atoms with van der Waals surface area (Å²) in [6.45, 7) is 4.60. The second-order valence-electron chi connectivity index (χ2n) is 10.9. The molecule has 41 heavy (non-hydrogen) atoms. The molecule has 11 nitrogen and oxygen atoms in total. The molecule has 0 spiro atoms.